The van der Waals surface area contributed by atoms with Crippen LogP contribution in [0.15, 0.2) is 59.1 Å². The number of nitrogens with zero attached hydrogens (tertiary/aromatic N) is 1. The molecule has 3 rings (SSSR count). The van der Waals surface area contributed by atoms with E-state index in [1.54, 1.807) is 37.5 Å². The molecule has 0 aliphatic carbocycles. The quantitative estimate of drug-likeness (QED) is 0.517. The maximum absolute atomic E-state index is 12.7. The third-order valence-corrected chi connectivity index (χ3v) is 5.58. The van der Waals surface area contributed by atoms with Crippen LogP contribution in [0.5, 0.6) is 5.75 Å². The van der Waals surface area contributed by atoms with Gasteiger partial charge >= 0.3 is 0 Å². The number of ketones is 1. The summed E-state index contributed by atoms with van der Waals surface area (Å²) >= 11 is 3.48. The number of amides is 1. The molecule has 1 saturated heterocycles. The Bertz CT molecular complexity index is 837. The van der Waals surface area contributed by atoms with Crippen LogP contribution in [0.3, 0.4) is 0 Å². The number of halogens is 1. The second kappa shape index (κ2) is 9.00. The van der Waals surface area contributed by atoms with Crippen molar-refractivity contribution < 1.29 is 14.3 Å². The van der Waals surface area contributed by atoms with Gasteiger partial charge in [-0.05, 0) is 54.8 Å². The fourth-order valence-corrected chi connectivity index (χ4v) is 3.65. The number of carbonyl (C=O) groups excluding carboxylic acids is 2. The number of hydrogen-bond donors (Lipinski definition) is 0. The first-order chi connectivity index (χ1) is 13.1. The molecule has 1 aliphatic heterocycles. The summed E-state index contributed by atoms with van der Waals surface area (Å²) in [5, 5.41) is 0. The van der Waals surface area contributed by atoms with Crippen molar-refractivity contribution in [2.24, 2.45) is 5.92 Å². The Balaban J connectivity index is 1.55. The molecule has 2 aromatic carbocycles. The van der Waals surface area contributed by atoms with Crippen LogP contribution in [0.25, 0.3) is 6.08 Å². The van der Waals surface area contributed by atoms with E-state index in [1.165, 1.54) is 0 Å². The van der Waals surface area contributed by atoms with Gasteiger partial charge in [-0.1, -0.05) is 34.1 Å². The molecule has 0 N–H and O–H groups in total. The van der Waals surface area contributed by atoms with Crippen molar-refractivity contribution in [1.82, 2.24) is 4.90 Å². The molecule has 0 radical (unpaired) electrons. The van der Waals surface area contributed by atoms with Crippen LogP contribution in [0.4, 0.5) is 0 Å². The van der Waals surface area contributed by atoms with Crippen molar-refractivity contribution >= 4 is 33.7 Å². The topological polar surface area (TPSA) is 46.6 Å². The number of rotatable bonds is 5. The van der Waals surface area contributed by atoms with Gasteiger partial charge in [-0.3, -0.25) is 9.59 Å². The Morgan fingerprint density at radius 1 is 1.07 bits per heavy atom. The Hall–Kier alpha value is -2.40. The van der Waals surface area contributed by atoms with E-state index in [-0.39, 0.29) is 17.6 Å². The van der Waals surface area contributed by atoms with Crippen molar-refractivity contribution in [2.75, 3.05) is 20.2 Å². The van der Waals surface area contributed by atoms with Crippen LogP contribution >= 0.6 is 15.9 Å². The zero-order valence-corrected chi connectivity index (χ0v) is 16.8. The highest BCUT2D eigenvalue weighted by Crippen LogP contribution is 2.24. The summed E-state index contributed by atoms with van der Waals surface area (Å²) < 4.78 is 6.09. The van der Waals surface area contributed by atoms with Gasteiger partial charge in [0.05, 0.1) is 7.11 Å². The third kappa shape index (κ3) is 4.86. The van der Waals surface area contributed by atoms with E-state index in [4.69, 9.17) is 4.74 Å². The molecule has 1 aliphatic rings. The molecular formula is C22H22BrNO3. The number of methoxy groups -OCH3 is 1. The summed E-state index contributed by atoms with van der Waals surface area (Å²) in [6.07, 6.45) is 4.81. The molecule has 5 heteroatoms. The van der Waals surface area contributed by atoms with Crippen LogP contribution < -0.4 is 4.74 Å². The van der Waals surface area contributed by atoms with Gasteiger partial charge in [0.15, 0.2) is 5.78 Å². The first-order valence-corrected chi connectivity index (χ1v) is 9.77. The number of carbonyl (C=O) groups is 2. The number of piperidine rings is 1. The fraction of sp³-hybridized carbons (Fsp3) is 0.273. The summed E-state index contributed by atoms with van der Waals surface area (Å²) in [4.78, 5) is 26.9. The van der Waals surface area contributed by atoms with Crippen LogP contribution in [0.1, 0.15) is 28.8 Å². The lowest BCUT2D eigenvalue weighted by Gasteiger charge is -2.30. The van der Waals surface area contributed by atoms with E-state index in [9.17, 15) is 9.59 Å². The smallest absolute Gasteiger partial charge is 0.246 e. The highest BCUT2D eigenvalue weighted by atomic mass is 79.9. The van der Waals surface area contributed by atoms with Gasteiger partial charge in [0.2, 0.25) is 5.91 Å². The fourth-order valence-electron chi connectivity index (χ4n) is 3.23. The second-order valence-electron chi connectivity index (χ2n) is 6.55. The zero-order chi connectivity index (χ0) is 19.2. The summed E-state index contributed by atoms with van der Waals surface area (Å²) in [6.45, 7) is 1.21. The first-order valence-electron chi connectivity index (χ1n) is 8.98. The minimum absolute atomic E-state index is 0.0129. The predicted molar refractivity (Wildman–Crippen MR) is 110 cm³/mol. The van der Waals surface area contributed by atoms with Gasteiger partial charge in [0.1, 0.15) is 5.75 Å². The van der Waals surface area contributed by atoms with Crippen molar-refractivity contribution in [3.8, 4) is 5.75 Å². The lowest BCUT2D eigenvalue weighted by molar-refractivity contribution is -0.127. The Morgan fingerprint density at radius 3 is 2.37 bits per heavy atom. The van der Waals surface area contributed by atoms with E-state index >= 15 is 0 Å². The second-order valence-corrected chi connectivity index (χ2v) is 7.40. The molecule has 27 heavy (non-hydrogen) atoms. The normalized spacial score (nSPS) is 15.1. The van der Waals surface area contributed by atoms with Crippen LogP contribution in [0.2, 0.25) is 0 Å². The molecule has 1 amide bonds. The monoisotopic (exact) mass is 427 g/mol. The molecule has 0 bridgehead atoms. The van der Waals surface area contributed by atoms with E-state index in [0.29, 0.717) is 31.5 Å². The summed E-state index contributed by atoms with van der Waals surface area (Å²) in [5.74, 6) is 0.841. The van der Waals surface area contributed by atoms with Gasteiger partial charge < -0.3 is 9.64 Å². The number of benzene rings is 2. The molecule has 0 atom stereocenters. The minimum atomic E-state index is -0.0327. The molecule has 1 fully saturated rings. The predicted octanol–water partition coefficient (Wildman–Crippen LogP) is 4.59. The van der Waals surface area contributed by atoms with Crippen molar-refractivity contribution in [2.45, 2.75) is 12.8 Å². The summed E-state index contributed by atoms with van der Waals surface area (Å²) in [6, 6.07) is 15.0. The van der Waals surface area contributed by atoms with Crippen molar-refractivity contribution in [1.29, 1.82) is 0 Å². The molecule has 2 aromatic rings. The Labute approximate surface area is 168 Å². The van der Waals surface area contributed by atoms with E-state index in [0.717, 1.165) is 15.8 Å². The van der Waals surface area contributed by atoms with E-state index < -0.39 is 0 Å². The highest BCUT2D eigenvalue weighted by molar-refractivity contribution is 9.10. The number of ether oxygens (including phenoxy) is 1. The average molecular weight is 428 g/mol. The third-order valence-electron chi connectivity index (χ3n) is 4.86. The van der Waals surface area contributed by atoms with Crippen LogP contribution in [-0.4, -0.2) is 36.8 Å². The molecular weight excluding hydrogens is 406 g/mol. The lowest BCUT2D eigenvalue weighted by Crippen LogP contribution is -2.39. The maximum atomic E-state index is 12.7. The standard InChI is InChI=1S/C22H22BrNO3/c1-27-19-9-6-17(7-10-19)22(26)18-12-14-24(15-13-18)21(25)11-8-16-4-2-3-5-20(16)23/h2-11,18H,12-15H2,1H3. The highest BCUT2D eigenvalue weighted by Gasteiger charge is 2.27. The molecule has 0 saturated carbocycles. The Kier molecular flexibility index (Phi) is 6.45. The molecule has 0 aromatic heterocycles. The van der Waals surface area contributed by atoms with Crippen molar-refractivity contribution in [3.05, 3.63) is 70.2 Å². The molecule has 0 spiro atoms. The van der Waals surface area contributed by atoms with Gasteiger partial charge in [0.25, 0.3) is 0 Å². The van der Waals surface area contributed by atoms with Gasteiger partial charge in [0, 0.05) is 35.1 Å². The number of hydrogen-bond acceptors (Lipinski definition) is 3. The van der Waals surface area contributed by atoms with Crippen molar-refractivity contribution in [3.63, 3.8) is 0 Å². The van der Waals surface area contributed by atoms with Gasteiger partial charge in [-0.25, -0.2) is 0 Å². The molecule has 0 unspecified atom stereocenters. The zero-order valence-electron chi connectivity index (χ0n) is 15.2. The van der Waals surface area contributed by atoms with Gasteiger partial charge in [-0.2, -0.15) is 0 Å². The van der Waals surface area contributed by atoms with Crippen LogP contribution in [0, 0.1) is 5.92 Å². The minimum Gasteiger partial charge on any atom is -0.497 e. The van der Waals surface area contributed by atoms with E-state index in [2.05, 4.69) is 15.9 Å². The largest absolute Gasteiger partial charge is 0.497 e. The lowest BCUT2D eigenvalue weighted by atomic mass is 9.89. The molecule has 140 valence electrons. The number of Topliss-reactive ketones (excluding diaryl/α,β-unsaturated/α-hetero) is 1. The average Bonchev–Trinajstić information content (AvgIpc) is 2.72. The Morgan fingerprint density at radius 2 is 1.74 bits per heavy atom. The molecule has 4 nitrogen and oxygen atoms in total. The van der Waals surface area contributed by atoms with Crippen LogP contribution in [-0.2, 0) is 4.79 Å². The maximum Gasteiger partial charge on any atom is 0.246 e. The first kappa shape index (κ1) is 19.4. The summed E-state index contributed by atoms with van der Waals surface area (Å²) in [7, 11) is 1.61. The SMILES string of the molecule is COc1ccc(C(=O)C2CCN(C(=O)C=Cc3ccccc3Br)CC2)cc1. The van der Waals surface area contributed by atoms with E-state index in [1.807, 2.05) is 35.2 Å². The number of likely N-dealkylation sites (tertiary alicyclic amines) is 1. The summed E-state index contributed by atoms with van der Waals surface area (Å²) in [5.41, 5.74) is 1.67. The van der Waals surface area contributed by atoms with Gasteiger partial charge in [-0.15, -0.1) is 0 Å². The molecule has 1 heterocycles.